The maximum atomic E-state index is 12.8. The van der Waals surface area contributed by atoms with Crippen LogP contribution in [0.5, 0.6) is 0 Å². The van der Waals surface area contributed by atoms with E-state index in [1.165, 1.54) is 7.05 Å². The number of benzene rings is 2. The predicted molar refractivity (Wildman–Crippen MR) is 131 cm³/mol. The van der Waals surface area contributed by atoms with Crippen LogP contribution in [0.1, 0.15) is 28.2 Å². The summed E-state index contributed by atoms with van der Waals surface area (Å²) in [6.07, 6.45) is 1.66. The minimum Gasteiger partial charge on any atom is -0.457 e. The highest BCUT2D eigenvalue weighted by molar-refractivity contribution is 6.01. The molecule has 0 bridgehead atoms. The highest BCUT2D eigenvalue weighted by Crippen LogP contribution is 2.20. The Labute approximate surface area is 205 Å². The van der Waals surface area contributed by atoms with Crippen LogP contribution in [0.15, 0.2) is 80.9 Å². The Balaban J connectivity index is 1.41. The van der Waals surface area contributed by atoms with Gasteiger partial charge < -0.3 is 14.9 Å². The molecule has 4 aromatic rings. The van der Waals surface area contributed by atoms with Crippen molar-refractivity contribution in [1.82, 2.24) is 14.1 Å². The van der Waals surface area contributed by atoms with Crippen molar-refractivity contribution in [2.24, 2.45) is 7.05 Å². The maximum absolute atomic E-state index is 12.8. The number of Topliss-reactive ketones (excluding diaryl/α,β-unsaturated/α-hetero) is 1. The van der Waals surface area contributed by atoms with Crippen LogP contribution in [-0.4, -0.2) is 32.5 Å². The van der Waals surface area contributed by atoms with Crippen molar-refractivity contribution in [3.05, 3.63) is 105 Å². The fourth-order valence-electron chi connectivity index (χ4n) is 3.63. The van der Waals surface area contributed by atoms with Gasteiger partial charge in [-0.1, -0.05) is 60.7 Å². The number of anilines is 1. The normalized spacial score (nSPS) is 10.8. The summed E-state index contributed by atoms with van der Waals surface area (Å²) in [5.41, 5.74) is 5.77. The first-order chi connectivity index (χ1) is 17.3. The van der Waals surface area contributed by atoms with Crippen LogP contribution >= 0.6 is 0 Å². The van der Waals surface area contributed by atoms with Crippen LogP contribution in [-0.2, 0) is 29.5 Å². The predicted octanol–water partition coefficient (Wildman–Crippen LogP) is 2.19. The molecule has 0 radical (unpaired) electrons. The van der Waals surface area contributed by atoms with Crippen molar-refractivity contribution in [3.63, 3.8) is 0 Å². The van der Waals surface area contributed by atoms with Crippen molar-refractivity contribution < 1.29 is 18.7 Å². The third-order valence-electron chi connectivity index (χ3n) is 5.56. The summed E-state index contributed by atoms with van der Waals surface area (Å²) in [6.45, 7) is -0.622. The molecule has 0 saturated carbocycles. The number of nitrogen functional groups attached to an aromatic ring is 1. The lowest BCUT2D eigenvalue weighted by Crippen LogP contribution is -2.43. The van der Waals surface area contributed by atoms with Gasteiger partial charge in [-0.2, -0.15) is 0 Å². The molecular weight excluding hydrogens is 464 g/mol. The molecular formula is C26H24N4O6. The van der Waals surface area contributed by atoms with Crippen LogP contribution in [0, 0.1) is 0 Å². The molecule has 2 heterocycles. The summed E-state index contributed by atoms with van der Waals surface area (Å²) in [5.74, 6) is -0.822. The van der Waals surface area contributed by atoms with Gasteiger partial charge in [-0.05, 0) is 5.56 Å². The maximum Gasteiger partial charge on any atom is 0.332 e. The van der Waals surface area contributed by atoms with Crippen molar-refractivity contribution in [3.8, 4) is 11.3 Å². The van der Waals surface area contributed by atoms with Crippen molar-refractivity contribution >= 4 is 17.6 Å². The van der Waals surface area contributed by atoms with E-state index in [0.29, 0.717) is 11.7 Å². The number of aryl methyl sites for hydroxylation is 1. The third-order valence-corrected chi connectivity index (χ3v) is 5.56. The van der Waals surface area contributed by atoms with E-state index < -0.39 is 35.2 Å². The average Bonchev–Trinajstić information content (AvgIpc) is 3.38. The van der Waals surface area contributed by atoms with Gasteiger partial charge in [0.2, 0.25) is 5.78 Å². The second-order valence-electron chi connectivity index (χ2n) is 8.05. The van der Waals surface area contributed by atoms with E-state index in [0.717, 1.165) is 20.3 Å². The Kier molecular flexibility index (Phi) is 7.24. The quantitative estimate of drug-likeness (QED) is 0.279. The molecule has 2 aromatic carbocycles. The number of carbonyl (C=O) groups excluding carboxylic acids is 2. The van der Waals surface area contributed by atoms with Crippen LogP contribution in [0.2, 0.25) is 0 Å². The fourth-order valence-corrected chi connectivity index (χ4v) is 3.63. The SMILES string of the molecule is Cn1c(=O)c(C(=O)COC(=O)CCc2ncc(-c3ccccc3)o2)c(N)n(Cc2ccccc2)c1=O. The highest BCUT2D eigenvalue weighted by Gasteiger charge is 2.23. The summed E-state index contributed by atoms with van der Waals surface area (Å²) in [5, 5.41) is 0. The Bertz CT molecular complexity index is 1500. The zero-order chi connectivity index (χ0) is 25.7. The van der Waals surface area contributed by atoms with E-state index in [-0.39, 0.29) is 25.2 Å². The number of ether oxygens (including phenoxy) is 1. The van der Waals surface area contributed by atoms with Crippen LogP contribution in [0.3, 0.4) is 0 Å². The minimum atomic E-state index is -0.851. The number of hydrogen-bond acceptors (Lipinski definition) is 8. The summed E-state index contributed by atoms with van der Waals surface area (Å²) >= 11 is 0. The molecule has 0 aliphatic heterocycles. The van der Waals surface area contributed by atoms with Gasteiger partial charge in [-0.25, -0.2) is 9.78 Å². The van der Waals surface area contributed by atoms with Gasteiger partial charge in [0, 0.05) is 19.0 Å². The van der Waals surface area contributed by atoms with Gasteiger partial charge in [0.1, 0.15) is 11.4 Å². The molecule has 2 N–H and O–H groups in total. The standard InChI is InChI=1S/C26H24N4O6/c1-29-25(33)23(24(27)30(26(29)34)15-17-8-4-2-5-9-17)19(31)16-35-22(32)13-12-21-28-14-20(36-21)18-10-6-3-7-11-18/h2-11,14H,12-13,15-16,27H2,1H3. The van der Waals surface area contributed by atoms with Gasteiger partial charge in [0.15, 0.2) is 18.3 Å². The molecule has 4 rings (SSSR count). The Morgan fingerprint density at radius 3 is 2.39 bits per heavy atom. The fraction of sp³-hybridized carbons (Fsp3) is 0.192. The number of aromatic nitrogens is 3. The minimum absolute atomic E-state index is 0.0702. The zero-order valence-corrected chi connectivity index (χ0v) is 19.5. The number of rotatable bonds is 9. The van der Waals surface area contributed by atoms with E-state index in [1.807, 2.05) is 36.4 Å². The first kappa shape index (κ1) is 24.4. The highest BCUT2D eigenvalue weighted by atomic mass is 16.5. The summed E-state index contributed by atoms with van der Waals surface area (Å²) < 4.78 is 12.7. The Morgan fingerprint density at radius 1 is 1.03 bits per heavy atom. The number of nitrogens with two attached hydrogens (primary N) is 1. The first-order valence-corrected chi connectivity index (χ1v) is 11.2. The van der Waals surface area contributed by atoms with E-state index >= 15 is 0 Å². The van der Waals surface area contributed by atoms with Gasteiger partial charge in [-0.15, -0.1) is 0 Å². The molecule has 0 aliphatic carbocycles. The largest absolute Gasteiger partial charge is 0.457 e. The lowest BCUT2D eigenvalue weighted by atomic mass is 10.2. The lowest BCUT2D eigenvalue weighted by Gasteiger charge is -2.14. The second-order valence-corrected chi connectivity index (χ2v) is 8.05. The molecule has 0 aliphatic rings. The third kappa shape index (κ3) is 5.33. The smallest absolute Gasteiger partial charge is 0.332 e. The monoisotopic (exact) mass is 488 g/mol. The van der Waals surface area contributed by atoms with Gasteiger partial charge in [0.05, 0.1) is 19.2 Å². The van der Waals surface area contributed by atoms with Crippen molar-refractivity contribution in [2.45, 2.75) is 19.4 Å². The van der Waals surface area contributed by atoms with E-state index in [4.69, 9.17) is 14.9 Å². The van der Waals surface area contributed by atoms with E-state index in [9.17, 15) is 19.2 Å². The molecule has 0 spiro atoms. The second kappa shape index (κ2) is 10.7. The summed E-state index contributed by atoms with van der Waals surface area (Å²) in [4.78, 5) is 54.4. The van der Waals surface area contributed by atoms with Gasteiger partial charge >= 0.3 is 11.7 Å². The number of ketones is 1. The Hall–Kier alpha value is -4.73. The first-order valence-electron chi connectivity index (χ1n) is 11.2. The number of carbonyl (C=O) groups is 2. The van der Waals surface area contributed by atoms with Gasteiger partial charge in [0.25, 0.3) is 5.56 Å². The van der Waals surface area contributed by atoms with Crippen LogP contribution < -0.4 is 17.0 Å². The van der Waals surface area contributed by atoms with Crippen molar-refractivity contribution in [2.75, 3.05) is 12.3 Å². The van der Waals surface area contributed by atoms with Crippen molar-refractivity contribution in [1.29, 1.82) is 0 Å². The van der Waals surface area contributed by atoms with E-state index in [1.54, 1.807) is 30.5 Å². The molecule has 0 saturated heterocycles. The number of nitrogens with zero attached hydrogens (tertiary/aromatic N) is 3. The summed E-state index contributed by atoms with van der Waals surface area (Å²) in [7, 11) is 1.26. The average molecular weight is 489 g/mol. The molecule has 0 atom stereocenters. The Morgan fingerprint density at radius 2 is 1.69 bits per heavy atom. The van der Waals surface area contributed by atoms with E-state index in [2.05, 4.69) is 4.98 Å². The lowest BCUT2D eigenvalue weighted by molar-refractivity contribution is -0.142. The molecule has 0 amide bonds. The number of oxazole rings is 1. The molecule has 36 heavy (non-hydrogen) atoms. The number of hydrogen-bond donors (Lipinski definition) is 1. The molecule has 0 unspecified atom stereocenters. The van der Waals surface area contributed by atoms with Crippen LogP contribution in [0.4, 0.5) is 5.82 Å². The molecule has 2 aromatic heterocycles. The summed E-state index contributed by atoms with van der Waals surface area (Å²) in [6, 6.07) is 18.4. The van der Waals surface area contributed by atoms with Crippen LogP contribution in [0.25, 0.3) is 11.3 Å². The zero-order valence-electron chi connectivity index (χ0n) is 19.5. The van der Waals surface area contributed by atoms with Gasteiger partial charge in [-0.3, -0.25) is 23.5 Å². The molecule has 0 fully saturated rings. The molecule has 184 valence electrons. The molecule has 10 nitrogen and oxygen atoms in total. The number of esters is 1. The molecule has 10 heteroatoms. The topological polar surface area (TPSA) is 139 Å².